The molecule has 3 aromatic rings. The Morgan fingerprint density at radius 2 is 1.93 bits per heavy atom. The third kappa shape index (κ3) is 4.54. The molecule has 7 nitrogen and oxygen atoms in total. The lowest BCUT2D eigenvalue weighted by Crippen LogP contribution is -2.33. The highest BCUT2D eigenvalue weighted by atomic mass is 16.5. The number of carbonyl (C=O) groups is 1. The molecular formula is C21H21N5O2. The summed E-state index contributed by atoms with van der Waals surface area (Å²) >= 11 is 0. The van der Waals surface area contributed by atoms with E-state index in [2.05, 4.69) is 16.2 Å². The van der Waals surface area contributed by atoms with Gasteiger partial charge < -0.3 is 9.64 Å². The lowest BCUT2D eigenvalue weighted by molar-refractivity contribution is -0.134. The summed E-state index contributed by atoms with van der Waals surface area (Å²) in [5, 5.41) is 12.8. The molecule has 7 heteroatoms. The summed E-state index contributed by atoms with van der Waals surface area (Å²) in [5.41, 5.74) is 2.84. The van der Waals surface area contributed by atoms with Gasteiger partial charge in [-0.15, -0.1) is 0 Å². The molecule has 0 spiro atoms. The maximum Gasteiger partial charge on any atom is 0.260 e. The molecule has 0 saturated carbocycles. The predicted molar refractivity (Wildman–Crippen MR) is 104 cm³/mol. The zero-order valence-electron chi connectivity index (χ0n) is 15.8. The Bertz CT molecular complexity index is 944. The molecule has 1 unspecified atom stereocenters. The van der Waals surface area contributed by atoms with Crippen molar-refractivity contribution < 1.29 is 9.53 Å². The van der Waals surface area contributed by atoms with E-state index in [0.29, 0.717) is 12.2 Å². The lowest BCUT2D eigenvalue weighted by atomic mass is 10.1. The van der Waals surface area contributed by atoms with E-state index >= 15 is 0 Å². The standard InChI is InChI=1S/C21H21N5O2/c1-16(18-5-7-19(8-6-18)26-15-23-14-24-26)25(2)21(27)13-28-20-9-3-17(4-10-20)11-12-22/h3-10,14-16H,11,13H2,1-2H3. The van der Waals surface area contributed by atoms with Gasteiger partial charge in [-0.2, -0.15) is 10.4 Å². The van der Waals surface area contributed by atoms with Gasteiger partial charge in [-0.05, 0) is 42.3 Å². The third-order valence-electron chi connectivity index (χ3n) is 4.60. The van der Waals surface area contributed by atoms with Gasteiger partial charge >= 0.3 is 0 Å². The number of aromatic nitrogens is 3. The number of benzene rings is 2. The van der Waals surface area contributed by atoms with Gasteiger partial charge in [-0.1, -0.05) is 24.3 Å². The highest BCUT2D eigenvalue weighted by Crippen LogP contribution is 2.21. The SMILES string of the molecule is CC(c1ccc(-n2cncn2)cc1)N(C)C(=O)COc1ccc(CC#N)cc1. The molecule has 0 aliphatic carbocycles. The molecule has 0 N–H and O–H groups in total. The minimum Gasteiger partial charge on any atom is -0.484 e. The smallest absolute Gasteiger partial charge is 0.260 e. The zero-order chi connectivity index (χ0) is 19.9. The second kappa shape index (κ2) is 8.82. The van der Waals surface area contributed by atoms with Crippen LogP contribution >= 0.6 is 0 Å². The molecule has 28 heavy (non-hydrogen) atoms. The van der Waals surface area contributed by atoms with E-state index in [1.165, 1.54) is 6.33 Å². The lowest BCUT2D eigenvalue weighted by Gasteiger charge is -2.25. The monoisotopic (exact) mass is 375 g/mol. The van der Waals surface area contributed by atoms with Crippen LogP contribution in [-0.4, -0.2) is 39.2 Å². The fourth-order valence-corrected chi connectivity index (χ4v) is 2.73. The Kier molecular flexibility index (Phi) is 6.02. The van der Waals surface area contributed by atoms with Crippen molar-refractivity contribution in [2.45, 2.75) is 19.4 Å². The molecule has 142 valence electrons. The Balaban J connectivity index is 1.57. The van der Waals surface area contributed by atoms with Gasteiger partial charge in [0.15, 0.2) is 6.61 Å². The van der Waals surface area contributed by atoms with Crippen molar-refractivity contribution in [2.24, 2.45) is 0 Å². The van der Waals surface area contributed by atoms with Crippen molar-refractivity contribution in [1.29, 1.82) is 5.26 Å². The molecule has 0 radical (unpaired) electrons. The third-order valence-corrected chi connectivity index (χ3v) is 4.60. The van der Waals surface area contributed by atoms with Crippen molar-refractivity contribution in [2.75, 3.05) is 13.7 Å². The number of nitriles is 1. The van der Waals surface area contributed by atoms with E-state index in [-0.39, 0.29) is 18.6 Å². The van der Waals surface area contributed by atoms with Crippen molar-refractivity contribution in [3.8, 4) is 17.5 Å². The minimum atomic E-state index is -0.117. The van der Waals surface area contributed by atoms with E-state index in [4.69, 9.17) is 10.00 Å². The van der Waals surface area contributed by atoms with Crippen LogP contribution < -0.4 is 4.74 Å². The Morgan fingerprint density at radius 1 is 1.21 bits per heavy atom. The fraction of sp³-hybridized carbons (Fsp3) is 0.238. The molecule has 2 aromatic carbocycles. The molecule has 0 fully saturated rings. The number of carbonyl (C=O) groups excluding carboxylic acids is 1. The summed E-state index contributed by atoms with van der Waals surface area (Å²) in [6, 6.07) is 17.0. The van der Waals surface area contributed by atoms with Gasteiger partial charge in [0.2, 0.25) is 0 Å². The summed E-state index contributed by atoms with van der Waals surface area (Å²) in [6.07, 6.45) is 3.48. The number of hydrogen-bond donors (Lipinski definition) is 0. The van der Waals surface area contributed by atoms with E-state index in [0.717, 1.165) is 16.8 Å². The number of hydrogen-bond acceptors (Lipinski definition) is 5. The zero-order valence-corrected chi connectivity index (χ0v) is 15.8. The van der Waals surface area contributed by atoms with Gasteiger partial charge in [0, 0.05) is 7.05 Å². The fourth-order valence-electron chi connectivity index (χ4n) is 2.73. The molecular weight excluding hydrogens is 354 g/mol. The first-order valence-corrected chi connectivity index (χ1v) is 8.88. The molecule has 0 aliphatic rings. The summed E-state index contributed by atoms with van der Waals surface area (Å²) < 4.78 is 7.26. The van der Waals surface area contributed by atoms with Gasteiger partial charge in [0.1, 0.15) is 18.4 Å². The number of ether oxygens (including phenoxy) is 1. The number of nitrogens with zero attached hydrogens (tertiary/aromatic N) is 5. The number of amides is 1. The molecule has 0 saturated heterocycles. The molecule has 1 atom stereocenters. The summed E-state index contributed by atoms with van der Waals surface area (Å²) in [4.78, 5) is 18.1. The first-order valence-electron chi connectivity index (χ1n) is 8.88. The van der Waals surface area contributed by atoms with Crippen molar-refractivity contribution >= 4 is 5.91 Å². The predicted octanol–water partition coefficient (Wildman–Crippen LogP) is 2.93. The average Bonchev–Trinajstić information content (AvgIpc) is 3.27. The largest absolute Gasteiger partial charge is 0.484 e. The maximum atomic E-state index is 12.5. The Labute approximate surface area is 163 Å². The topological polar surface area (TPSA) is 84.0 Å². The maximum absolute atomic E-state index is 12.5. The first-order chi connectivity index (χ1) is 13.6. The van der Waals surface area contributed by atoms with E-state index < -0.39 is 0 Å². The molecule has 3 rings (SSSR count). The summed E-state index contributed by atoms with van der Waals surface area (Å²) in [5.74, 6) is 0.488. The van der Waals surface area contributed by atoms with Crippen LogP contribution in [0.2, 0.25) is 0 Å². The van der Waals surface area contributed by atoms with Crippen LogP contribution in [0.5, 0.6) is 5.75 Å². The van der Waals surface area contributed by atoms with Crippen molar-refractivity contribution in [1.82, 2.24) is 19.7 Å². The second-order valence-electron chi connectivity index (χ2n) is 6.38. The second-order valence-corrected chi connectivity index (χ2v) is 6.38. The van der Waals surface area contributed by atoms with E-state index in [1.54, 1.807) is 35.1 Å². The quantitative estimate of drug-likeness (QED) is 0.634. The molecule has 0 aliphatic heterocycles. The highest BCUT2D eigenvalue weighted by Gasteiger charge is 2.18. The summed E-state index contributed by atoms with van der Waals surface area (Å²) in [7, 11) is 1.76. The Morgan fingerprint density at radius 3 is 2.54 bits per heavy atom. The van der Waals surface area contributed by atoms with Crippen molar-refractivity contribution in [3.05, 3.63) is 72.3 Å². The van der Waals surface area contributed by atoms with Crippen LogP contribution in [0.3, 0.4) is 0 Å². The van der Waals surface area contributed by atoms with Crippen LogP contribution in [0, 0.1) is 11.3 Å². The minimum absolute atomic E-state index is 0.0462. The number of likely N-dealkylation sites (N-methyl/N-ethyl adjacent to an activating group) is 1. The average molecular weight is 375 g/mol. The van der Waals surface area contributed by atoms with Crippen molar-refractivity contribution in [3.63, 3.8) is 0 Å². The van der Waals surface area contributed by atoms with Crippen LogP contribution in [0.1, 0.15) is 24.1 Å². The molecule has 1 aromatic heterocycles. The molecule has 0 bridgehead atoms. The first kappa shape index (κ1) is 19.1. The van der Waals surface area contributed by atoms with E-state index in [1.807, 2.05) is 43.3 Å². The van der Waals surface area contributed by atoms with Crippen LogP contribution in [0.25, 0.3) is 5.69 Å². The highest BCUT2D eigenvalue weighted by molar-refractivity contribution is 5.78. The molecule has 1 heterocycles. The van der Waals surface area contributed by atoms with Gasteiger partial charge in [-0.25, -0.2) is 9.67 Å². The van der Waals surface area contributed by atoms with Gasteiger partial charge in [0.25, 0.3) is 5.91 Å². The summed E-state index contributed by atoms with van der Waals surface area (Å²) in [6.45, 7) is 1.93. The van der Waals surface area contributed by atoms with Gasteiger partial charge in [0.05, 0.1) is 24.2 Å². The van der Waals surface area contributed by atoms with Crippen LogP contribution in [0.4, 0.5) is 0 Å². The van der Waals surface area contributed by atoms with E-state index in [9.17, 15) is 4.79 Å². The number of rotatable bonds is 7. The normalized spacial score (nSPS) is 11.5. The van der Waals surface area contributed by atoms with Crippen LogP contribution in [0.15, 0.2) is 61.2 Å². The molecule has 1 amide bonds. The Hall–Kier alpha value is -3.66. The van der Waals surface area contributed by atoms with Gasteiger partial charge in [-0.3, -0.25) is 4.79 Å². The van der Waals surface area contributed by atoms with Crippen LogP contribution in [-0.2, 0) is 11.2 Å².